The average molecular weight is 564 g/mol. The Kier molecular flexibility index (Phi) is 8.69. The Morgan fingerprint density at radius 2 is 1.80 bits per heavy atom. The number of imidazole rings is 1. The number of aromatic nitrogens is 3. The molecule has 4 rings (SSSR count). The fraction of sp³-hybridized carbons (Fsp3) is 0.276. The van der Waals surface area contributed by atoms with E-state index in [2.05, 4.69) is 20.7 Å². The lowest BCUT2D eigenvalue weighted by molar-refractivity contribution is -0.143. The molecule has 2 amide bonds. The molecule has 10 nitrogen and oxygen atoms in total. The van der Waals surface area contributed by atoms with E-state index in [1.54, 1.807) is 67.9 Å². The number of nitrogens with one attached hydrogen (secondary N) is 2. The van der Waals surface area contributed by atoms with Crippen LogP contribution in [0.2, 0.25) is 5.02 Å². The summed E-state index contributed by atoms with van der Waals surface area (Å²) in [6.07, 6.45) is 1.17. The Morgan fingerprint density at radius 3 is 2.50 bits per heavy atom. The van der Waals surface area contributed by atoms with Crippen LogP contribution in [0.3, 0.4) is 0 Å². The van der Waals surface area contributed by atoms with E-state index in [1.807, 2.05) is 24.3 Å². The number of fused-ring (bicyclic) bond motifs is 1. The van der Waals surface area contributed by atoms with Crippen molar-refractivity contribution in [3.8, 4) is 11.3 Å². The van der Waals surface area contributed by atoms with Crippen LogP contribution in [-0.4, -0.2) is 51.3 Å². The molecule has 0 radical (unpaired) electrons. The summed E-state index contributed by atoms with van der Waals surface area (Å²) in [6.45, 7) is 5.19. The van der Waals surface area contributed by atoms with Gasteiger partial charge in [-0.15, -0.1) is 0 Å². The maximum atomic E-state index is 12.8. The number of hydrogen-bond donors (Lipinski definition) is 2. The second-order valence-electron chi connectivity index (χ2n) is 10.1. The molecule has 0 bridgehead atoms. The van der Waals surface area contributed by atoms with Gasteiger partial charge >= 0.3 is 12.1 Å². The second-order valence-corrected chi connectivity index (χ2v) is 10.5. The number of alkyl carbamates (subject to hydrolysis) is 1. The zero-order valence-electron chi connectivity index (χ0n) is 22.6. The van der Waals surface area contributed by atoms with Crippen LogP contribution < -0.4 is 10.6 Å². The minimum absolute atomic E-state index is 0.0366. The Hall–Kier alpha value is -4.44. The highest BCUT2D eigenvalue weighted by molar-refractivity contribution is 6.30. The summed E-state index contributed by atoms with van der Waals surface area (Å²) in [4.78, 5) is 41.8. The summed E-state index contributed by atoms with van der Waals surface area (Å²) in [5, 5.41) is 10.6. The standard InChI is InChI=1S/C29H30ClN5O5/c1-29(2,3)40-28(38)33-24(27(37)39-4)15-18-6-5-7-21(14-18)32-26(36)16-22-17-35-25(31-22)13-12-23(34-35)19-8-10-20(30)11-9-19/h5-14,17,24H,15-16H2,1-4H3,(H,32,36)(H,33,38)/t24-/m0/s1. The van der Waals surface area contributed by atoms with Crippen LogP contribution in [0.4, 0.5) is 10.5 Å². The molecule has 2 heterocycles. The van der Waals surface area contributed by atoms with Crippen molar-refractivity contribution in [3.63, 3.8) is 0 Å². The quantitative estimate of drug-likeness (QED) is 0.294. The van der Waals surface area contributed by atoms with Gasteiger partial charge in [0, 0.05) is 22.7 Å². The second kappa shape index (κ2) is 12.2. The third kappa shape index (κ3) is 7.79. The summed E-state index contributed by atoms with van der Waals surface area (Å²) in [6, 6.07) is 17.1. The number of hydrogen-bond acceptors (Lipinski definition) is 7. The molecule has 0 saturated heterocycles. The Bertz CT molecular complexity index is 1530. The number of nitrogens with zero attached hydrogens (tertiary/aromatic N) is 3. The number of anilines is 1. The first kappa shape index (κ1) is 28.6. The fourth-order valence-electron chi connectivity index (χ4n) is 3.96. The van der Waals surface area contributed by atoms with Crippen molar-refractivity contribution < 1.29 is 23.9 Å². The van der Waals surface area contributed by atoms with Crippen LogP contribution in [0.1, 0.15) is 32.0 Å². The molecule has 0 aliphatic rings. The number of ether oxygens (including phenoxy) is 2. The van der Waals surface area contributed by atoms with E-state index in [1.165, 1.54) is 7.11 Å². The van der Waals surface area contributed by atoms with Gasteiger partial charge in [0.15, 0.2) is 5.65 Å². The zero-order chi connectivity index (χ0) is 28.9. The van der Waals surface area contributed by atoms with Gasteiger partial charge in [-0.1, -0.05) is 35.9 Å². The van der Waals surface area contributed by atoms with Gasteiger partial charge in [-0.05, 0) is 62.7 Å². The summed E-state index contributed by atoms with van der Waals surface area (Å²) in [5.41, 5.74) is 3.36. The van der Waals surface area contributed by atoms with Crippen molar-refractivity contribution in [3.05, 3.63) is 83.1 Å². The molecule has 208 valence electrons. The van der Waals surface area contributed by atoms with Crippen LogP contribution in [0.5, 0.6) is 0 Å². The van der Waals surface area contributed by atoms with Gasteiger partial charge in [0.25, 0.3) is 0 Å². The number of carbonyl (C=O) groups excluding carboxylic acids is 3. The predicted octanol–water partition coefficient (Wildman–Crippen LogP) is 4.84. The molecule has 0 fully saturated rings. The summed E-state index contributed by atoms with van der Waals surface area (Å²) >= 11 is 5.98. The van der Waals surface area contributed by atoms with E-state index in [4.69, 9.17) is 21.1 Å². The van der Waals surface area contributed by atoms with Crippen LogP contribution in [0.15, 0.2) is 66.9 Å². The fourth-order valence-corrected chi connectivity index (χ4v) is 4.08. The van der Waals surface area contributed by atoms with Crippen molar-refractivity contribution in [1.29, 1.82) is 0 Å². The smallest absolute Gasteiger partial charge is 0.408 e. The van der Waals surface area contributed by atoms with Crippen molar-refractivity contribution >= 4 is 40.9 Å². The van der Waals surface area contributed by atoms with Gasteiger partial charge in [-0.2, -0.15) is 5.10 Å². The van der Waals surface area contributed by atoms with E-state index < -0.39 is 23.7 Å². The number of carbonyl (C=O) groups is 3. The van der Waals surface area contributed by atoms with E-state index >= 15 is 0 Å². The highest BCUT2D eigenvalue weighted by Crippen LogP contribution is 2.20. The van der Waals surface area contributed by atoms with Gasteiger partial charge in [-0.25, -0.2) is 19.1 Å². The van der Waals surface area contributed by atoms with Crippen LogP contribution in [-0.2, 0) is 31.9 Å². The predicted molar refractivity (Wildman–Crippen MR) is 151 cm³/mol. The maximum Gasteiger partial charge on any atom is 0.408 e. The minimum atomic E-state index is -0.964. The normalized spacial score (nSPS) is 12.0. The van der Waals surface area contributed by atoms with Gasteiger partial charge in [-0.3, -0.25) is 4.79 Å². The number of rotatable bonds is 8. The largest absolute Gasteiger partial charge is 0.467 e. The molecule has 4 aromatic rings. The SMILES string of the molecule is COC(=O)[C@H](Cc1cccc(NC(=O)Cc2cn3nc(-c4ccc(Cl)cc4)ccc3n2)c1)NC(=O)OC(C)(C)C. The van der Waals surface area contributed by atoms with Gasteiger partial charge in [0.1, 0.15) is 11.6 Å². The molecule has 0 aliphatic heterocycles. The van der Waals surface area contributed by atoms with Crippen LogP contribution in [0, 0.1) is 0 Å². The van der Waals surface area contributed by atoms with E-state index in [0.29, 0.717) is 27.6 Å². The van der Waals surface area contributed by atoms with E-state index in [-0.39, 0.29) is 18.7 Å². The topological polar surface area (TPSA) is 124 Å². The number of amides is 2. The monoisotopic (exact) mass is 563 g/mol. The molecule has 0 spiro atoms. The third-order valence-electron chi connectivity index (χ3n) is 5.68. The van der Waals surface area contributed by atoms with Crippen LogP contribution in [0.25, 0.3) is 16.9 Å². The molecule has 2 aromatic heterocycles. The van der Waals surface area contributed by atoms with Gasteiger partial charge in [0.05, 0.1) is 31.1 Å². The molecule has 40 heavy (non-hydrogen) atoms. The van der Waals surface area contributed by atoms with E-state index in [9.17, 15) is 14.4 Å². The molecule has 0 aliphatic carbocycles. The first-order valence-electron chi connectivity index (χ1n) is 12.6. The Labute approximate surface area is 236 Å². The summed E-state index contributed by atoms with van der Waals surface area (Å²) < 4.78 is 11.7. The van der Waals surface area contributed by atoms with Crippen molar-refractivity contribution in [2.45, 2.75) is 45.3 Å². The molecule has 11 heteroatoms. The minimum Gasteiger partial charge on any atom is -0.467 e. The number of benzene rings is 2. The average Bonchev–Trinajstić information content (AvgIpc) is 3.28. The molecule has 1 atom stereocenters. The lowest BCUT2D eigenvalue weighted by atomic mass is 10.1. The van der Waals surface area contributed by atoms with Crippen molar-refractivity contribution in [2.24, 2.45) is 0 Å². The maximum absolute atomic E-state index is 12.8. The molecule has 2 aromatic carbocycles. The number of halogens is 1. The third-order valence-corrected chi connectivity index (χ3v) is 5.93. The van der Waals surface area contributed by atoms with Gasteiger partial charge in [0.2, 0.25) is 5.91 Å². The van der Waals surface area contributed by atoms with E-state index in [0.717, 1.165) is 11.3 Å². The first-order valence-corrected chi connectivity index (χ1v) is 12.9. The van der Waals surface area contributed by atoms with Crippen LogP contribution >= 0.6 is 11.6 Å². The lowest BCUT2D eigenvalue weighted by Crippen LogP contribution is -2.45. The summed E-state index contributed by atoms with van der Waals surface area (Å²) in [5.74, 6) is -0.880. The Balaban J connectivity index is 1.41. The van der Waals surface area contributed by atoms with Crippen molar-refractivity contribution in [1.82, 2.24) is 19.9 Å². The van der Waals surface area contributed by atoms with Gasteiger partial charge < -0.3 is 20.1 Å². The Morgan fingerprint density at radius 1 is 1.05 bits per heavy atom. The highest BCUT2D eigenvalue weighted by Gasteiger charge is 2.25. The van der Waals surface area contributed by atoms with Crippen molar-refractivity contribution in [2.75, 3.05) is 12.4 Å². The molecule has 2 N–H and O–H groups in total. The number of esters is 1. The lowest BCUT2D eigenvalue weighted by Gasteiger charge is -2.22. The molecule has 0 saturated carbocycles. The molecular formula is C29H30ClN5O5. The summed E-state index contributed by atoms with van der Waals surface area (Å²) in [7, 11) is 1.25. The zero-order valence-corrected chi connectivity index (χ0v) is 23.4. The highest BCUT2D eigenvalue weighted by atomic mass is 35.5. The molecular weight excluding hydrogens is 534 g/mol. The first-order chi connectivity index (χ1) is 19.0. The number of methoxy groups -OCH3 is 1. The molecule has 0 unspecified atom stereocenters.